The molecule has 4 saturated heterocycles. The lowest BCUT2D eigenvalue weighted by Crippen LogP contribution is -2.57. The van der Waals surface area contributed by atoms with Crippen molar-refractivity contribution in [3.05, 3.63) is 17.2 Å². The van der Waals surface area contributed by atoms with Crippen LogP contribution in [0.3, 0.4) is 0 Å². The number of ether oxygens (including phenoxy) is 2. The first kappa shape index (κ1) is 25.7. The van der Waals surface area contributed by atoms with Crippen LogP contribution < -0.4 is 9.64 Å². The van der Waals surface area contributed by atoms with Crippen molar-refractivity contribution in [2.45, 2.75) is 82.3 Å². The van der Waals surface area contributed by atoms with Crippen molar-refractivity contribution in [2.75, 3.05) is 37.7 Å². The van der Waals surface area contributed by atoms with Gasteiger partial charge in [-0.2, -0.15) is 9.97 Å². The van der Waals surface area contributed by atoms with E-state index in [9.17, 15) is 9.18 Å². The quantitative estimate of drug-likeness (QED) is 0.519. The van der Waals surface area contributed by atoms with Crippen LogP contribution in [0.5, 0.6) is 6.01 Å². The number of piperazine rings is 1. The third kappa shape index (κ3) is 4.51. The number of halogens is 3. The van der Waals surface area contributed by atoms with E-state index in [4.69, 9.17) is 26.1 Å². The zero-order chi connectivity index (χ0) is 26.8. The number of hydrogen-bond acceptors (Lipinski definition) is 8. The topological polar surface area (TPSA) is 83.9 Å². The first-order valence-corrected chi connectivity index (χ1v) is 13.7. The van der Waals surface area contributed by atoms with Crippen molar-refractivity contribution in [3.8, 4) is 6.01 Å². The molecule has 4 fully saturated rings. The molecule has 6 rings (SSSR count). The minimum atomic E-state index is -0.883. The number of alkyl halides is 1. The van der Waals surface area contributed by atoms with E-state index in [1.165, 1.54) is 6.20 Å². The van der Waals surface area contributed by atoms with Crippen LogP contribution in [-0.4, -0.2) is 93.0 Å². The molecule has 0 spiro atoms. The molecular weight excluding hydrogens is 518 g/mol. The van der Waals surface area contributed by atoms with Crippen molar-refractivity contribution in [1.29, 1.82) is 0 Å². The fourth-order valence-electron chi connectivity index (χ4n) is 6.64. The van der Waals surface area contributed by atoms with Gasteiger partial charge in [0.05, 0.1) is 23.0 Å². The van der Waals surface area contributed by atoms with Gasteiger partial charge in [0.15, 0.2) is 11.0 Å². The number of aromatic nitrogens is 3. The number of fused-ring (bicyclic) bond motifs is 4. The molecule has 12 heteroatoms. The molecule has 2 aromatic heterocycles. The van der Waals surface area contributed by atoms with Crippen molar-refractivity contribution < 1.29 is 23.0 Å². The second-order valence-electron chi connectivity index (χ2n) is 12.0. The average Bonchev–Trinajstić information content (AvgIpc) is 3.46. The zero-order valence-corrected chi connectivity index (χ0v) is 22.7. The van der Waals surface area contributed by atoms with E-state index in [1.807, 2.05) is 30.6 Å². The number of amides is 1. The number of carbonyl (C=O) groups is 1. The van der Waals surface area contributed by atoms with Gasteiger partial charge in [-0.1, -0.05) is 11.6 Å². The smallest absolute Gasteiger partial charge is 0.410 e. The highest BCUT2D eigenvalue weighted by Gasteiger charge is 2.49. The Morgan fingerprint density at radius 2 is 1.95 bits per heavy atom. The fraction of sp³-hybridized carbons (Fsp3) is 0.692. The van der Waals surface area contributed by atoms with E-state index in [2.05, 4.69) is 14.9 Å². The summed E-state index contributed by atoms with van der Waals surface area (Å²) in [7, 11) is 0. The molecule has 0 saturated carbocycles. The van der Waals surface area contributed by atoms with Gasteiger partial charge in [0.1, 0.15) is 29.7 Å². The predicted molar refractivity (Wildman–Crippen MR) is 138 cm³/mol. The molecule has 2 aromatic rings. The van der Waals surface area contributed by atoms with Gasteiger partial charge >= 0.3 is 12.1 Å². The summed E-state index contributed by atoms with van der Waals surface area (Å²) in [5.41, 5.74) is -0.937. The molecule has 206 valence electrons. The zero-order valence-electron chi connectivity index (χ0n) is 21.9. The molecule has 0 unspecified atom stereocenters. The van der Waals surface area contributed by atoms with Crippen molar-refractivity contribution in [2.24, 2.45) is 0 Å². The molecule has 4 aliphatic heterocycles. The maximum absolute atomic E-state index is 15.1. The summed E-state index contributed by atoms with van der Waals surface area (Å²) >= 11 is 6.00. The summed E-state index contributed by atoms with van der Waals surface area (Å²) in [6, 6.07) is -0.0953. The van der Waals surface area contributed by atoms with Gasteiger partial charge in [0.2, 0.25) is 0 Å². The number of rotatable bonds is 4. The largest absolute Gasteiger partial charge is 0.461 e. The Hall–Kier alpha value is -2.53. The van der Waals surface area contributed by atoms with Gasteiger partial charge in [-0.05, 0) is 53.0 Å². The number of nitrogens with zero attached hydrogens (tertiary/aromatic N) is 6. The summed E-state index contributed by atoms with van der Waals surface area (Å²) < 4.78 is 41.1. The summed E-state index contributed by atoms with van der Waals surface area (Å²) in [5.74, 6) is -0.247. The maximum atomic E-state index is 15.1. The van der Waals surface area contributed by atoms with Crippen molar-refractivity contribution >= 4 is 34.4 Å². The van der Waals surface area contributed by atoms with Gasteiger partial charge in [-0.3, -0.25) is 9.80 Å². The van der Waals surface area contributed by atoms with Gasteiger partial charge < -0.3 is 14.4 Å². The summed E-state index contributed by atoms with van der Waals surface area (Å²) in [6.07, 6.45) is 4.20. The molecule has 4 atom stereocenters. The Bertz CT molecular complexity index is 1250. The lowest BCUT2D eigenvalue weighted by Gasteiger charge is -2.42. The second-order valence-corrected chi connectivity index (χ2v) is 12.4. The minimum Gasteiger partial charge on any atom is -0.461 e. The van der Waals surface area contributed by atoms with Gasteiger partial charge in [-0.25, -0.2) is 18.6 Å². The molecule has 6 heterocycles. The Kier molecular flexibility index (Phi) is 6.29. The van der Waals surface area contributed by atoms with Crippen molar-refractivity contribution in [3.63, 3.8) is 0 Å². The van der Waals surface area contributed by atoms with Crippen LogP contribution in [0.1, 0.15) is 52.9 Å². The van der Waals surface area contributed by atoms with Crippen molar-refractivity contribution in [1.82, 2.24) is 24.8 Å². The lowest BCUT2D eigenvalue weighted by molar-refractivity contribution is 0.0122. The Morgan fingerprint density at radius 3 is 2.66 bits per heavy atom. The third-order valence-corrected chi connectivity index (χ3v) is 8.48. The summed E-state index contributed by atoms with van der Waals surface area (Å²) in [5, 5.41) is 0.147. The third-order valence-electron chi connectivity index (χ3n) is 8.22. The predicted octanol–water partition coefficient (Wildman–Crippen LogP) is 4.36. The summed E-state index contributed by atoms with van der Waals surface area (Å²) in [4.78, 5) is 32.0. The van der Waals surface area contributed by atoms with Gasteiger partial charge in [-0.15, -0.1) is 0 Å². The van der Waals surface area contributed by atoms with Crippen LogP contribution in [0.4, 0.5) is 19.4 Å². The van der Waals surface area contributed by atoms with Gasteiger partial charge in [0, 0.05) is 32.3 Å². The van der Waals surface area contributed by atoms with Crippen LogP contribution in [-0.2, 0) is 4.74 Å². The van der Waals surface area contributed by atoms with Crippen LogP contribution in [0.15, 0.2) is 6.20 Å². The first-order valence-electron chi connectivity index (χ1n) is 13.3. The average molecular weight is 551 g/mol. The SMILES string of the molecule is CC(C)(C)OC(=O)N1[C@@H]2CC[C@H]1CN(c1nc(OC[C@]34CCCN3C[C@@H](F)C4)nc3c(F)c(Cl)ncc13)C2. The summed E-state index contributed by atoms with van der Waals surface area (Å²) in [6.45, 7) is 8.06. The molecule has 2 bridgehead atoms. The number of carbonyl (C=O) groups excluding carboxylic acids is 1. The molecule has 0 aromatic carbocycles. The number of pyridine rings is 1. The number of anilines is 1. The molecule has 4 aliphatic rings. The van der Waals surface area contributed by atoms with E-state index < -0.39 is 17.6 Å². The Morgan fingerprint density at radius 1 is 1.21 bits per heavy atom. The monoisotopic (exact) mass is 550 g/mol. The normalized spacial score (nSPS) is 29.3. The fourth-order valence-corrected chi connectivity index (χ4v) is 6.78. The molecule has 1 amide bonds. The molecular formula is C26H33ClF2N6O3. The first-order chi connectivity index (χ1) is 18.0. The van der Waals surface area contributed by atoms with Crippen LogP contribution in [0.25, 0.3) is 10.9 Å². The highest BCUT2D eigenvalue weighted by atomic mass is 35.5. The lowest BCUT2D eigenvalue weighted by atomic mass is 9.95. The highest BCUT2D eigenvalue weighted by molar-refractivity contribution is 6.30. The van der Waals surface area contributed by atoms with E-state index in [-0.39, 0.29) is 47.0 Å². The molecule has 0 aliphatic carbocycles. The molecule has 38 heavy (non-hydrogen) atoms. The van der Waals surface area contributed by atoms with Crippen LogP contribution in [0.2, 0.25) is 5.15 Å². The molecule has 9 nitrogen and oxygen atoms in total. The van der Waals surface area contributed by atoms with E-state index >= 15 is 4.39 Å². The van der Waals surface area contributed by atoms with Gasteiger partial charge in [0.25, 0.3) is 0 Å². The van der Waals surface area contributed by atoms with Crippen LogP contribution >= 0.6 is 11.6 Å². The minimum absolute atomic E-state index is 0.0270. The van der Waals surface area contributed by atoms with E-state index in [0.717, 1.165) is 32.2 Å². The Labute approximate surface area is 225 Å². The molecule has 0 radical (unpaired) electrons. The molecule has 0 N–H and O–H groups in total. The van der Waals surface area contributed by atoms with E-state index in [1.54, 1.807) is 0 Å². The van der Waals surface area contributed by atoms with Crippen LogP contribution in [0, 0.1) is 5.82 Å². The Balaban J connectivity index is 1.30. The highest BCUT2D eigenvalue weighted by Crippen LogP contribution is 2.41. The standard InChI is InChI=1S/C26H33ClF2N6O3/c1-25(2,3)38-24(36)35-16-5-6-17(35)13-33(12-16)22-18-10-30-21(27)19(29)20(18)31-23(32-22)37-14-26-7-4-8-34(26)11-15(28)9-26/h10,15-17H,4-9,11-14H2,1-3H3/t15-,16-,17+,26+/m0/s1. The second kappa shape index (κ2) is 9.29. The van der Waals surface area contributed by atoms with E-state index in [0.29, 0.717) is 37.3 Å². The maximum Gasteiger partial charge on any atom is 0.410 e. The number of hydrogen-bond donors (Lipinski definition) is 0.